The van der Waals surface area contributed by atoms with E-state index in [0.29, 0.717) is 24.5 Å². The molecule has 9 heteroatoms. The van der Waals surface area contributed by atoms with Gasteiger partial charge in [0.2, 0.25) is 21.1 Å². The number of hydrogen-bond acceptors (Lipinski definition) is 6. The van der Waals surface area contributed by atoms with Crippen LogP contribution in [0.4, 0.5) is 5.13 Å². The van der Waals surface area contributed by atoms with Gasteiger partial charge in [-0.25, -0.2) is 8.42 Å². The molecule has 30 heavy (non-hydrogen) atoms. The Morgan fingerprint density at radius 1 is 1.17 bits per heavy atom. The van der Waals surface area contributed by atoms with Crippen LogP contribution in [-0.2, 0) is 20.2 Å². The van der Waals surface area contributed by atoms with Crippen LogP contribution in [0.3, 0.4) is 0 Å². The number of carbonyl (C=O) groups excluding carboxylic acids is 1. The fraction of sp³-hybridized carbons (Fsp3) is 0.857. The second kappa shape index (κ2) is 7.81. The van der Waals surface area contributed by atoms with Gasteiger partial charge in [-0.15, -0.1) is 10.2 Å². The first-order chi connectivity index (χ1) is 14.4. The summed E-state index contributed by atoms with van der Waals surface area (Å²) in [4.78, 5) is 12.9. The summed E-state index contributed by atoms with van der Waals surface area (Å²) in [7, 11) is -3.39. The van der Waals surface area contributed by atoms with Gasteiger partial charge in [0.1, 0.15) is 11.0 Å². The number of amides is 1. The highest BCUT2D eigenvalue weighted by molar-refractivity contribution is 7.89. The van der Waals surface area contributed by atoms with Gasteiger partial charge in [0.25, 0.3) is 0 Å². The molecule has 0 radical (unpaired) electrons. The predicted molar refractivity (Wildman–Crippen MR) is 117 cm³/mol. The Morgan fingerprint density at radius 2 is 1.83 bits per heavy atom. The summed E-state index contributed by atoms with van der Waals surface area (Å²) < 4.78 is 26.7. The van der Waals surface area contributed by atoms with Gasteiger partial charge in [0.05, 0.1) is 5.75 Å². The fourth-order valence-corrected chi connectivity index (χ4v) is 9.68. The van der Waals surface area contributed by atoms with Gasteiger partial charge in [-0.2, -0.15) is 4.31 Å². The van der Waals surface area contributed by atoms with Crippen molar-refractivity contribution in [2.75, 3.05) is 17.6 Å². The molecule has 1 aliphatic heterocycles. The zero-order valence-corrected chi connectivity index (χ0v) is 19.3. The molecule has 7 nitrogen and oxygen atoms in total. The van der Waals surface area contributed by atoms with Crippen LogP contribution in [0.2, 0.25) is 0 Å². The quantitative estimate of drug-likeness (QED) is 0.683. The van der Waals surface area contributed by atoms with E-state index in [1.807, 2.05) is 6.92 Å². The van der Waals surface area contributed by atoms with Crippen molar-refractivity contribution in [1.82, 2.24) is 14.5 Å². The van der Waals surface area contributed by atoms with Gasteiger partial charge in [-0.05, 0) is 75.5 Å². The van der Waals surface area contributed by atoms with Crippen LogP contribution in [0, 0.1) is 17.8 Å². The summed E-state index contributed by atoms with van der Waals surface area (Å²) in [5.74, 6) is 2.35. The smallest absolute Gasteiger partial charge is 0.244 e. The van der Waals surface area contributed by atoms with Crippen molar-refractivity contribution in [2.45, 2.75) is 82.6 Å². The van der Waals surface area contributed by atoms with Gasteiger partial charge in [0.15, 0.2) is 0 Å². The third-order valence-corrected chi connectivity index (χ3v) is 10.8. The van der Waals surface area contributed by atoms with E-state index in [9.17, 15) is 13.2 Å². The molecule has 1 amide bonds. The van der Waals surface area contributed by atoms with Crippen molar-refractivity contribution >= 4 is 32.4 Å². The highest BCUT2D eigenvalue weighted by Gasteiger charge is 2.53. The third kappa shape index (κ3) is 3.71. The number of unbranched alkanes of at least 4 members (excludes halogenated alkanes) is 1. The molecule has 1 N–H and O–H groups in total. The second-order valence-electron chi connectivity index (χ2n) is 10.0. The lowest BCUT2D eigenvalue weighted by Gasteiger charge is -2.55. The summed E-state index contributed by atoms with van der Waals surface area (Å²) in [6, 6.07) is -0.626. The zero-order chi connectivity index (χ0) is 20.9. The van der Waals surface area contributed by atoms with E-state index < -0.39 is 16.1 Å². The number of nitrogens with zero attached hydrogens (tertiary/aromatic N) is 3. The third-order valence-electron chi connectivity index (χ3n) is 7.77. The van der Waals surface area contributed by atoms with Crippen LogP contribution < -0.4 is 5.32 Å². The molecule has 1 unspecified atom stereocenters. The molecular weight excluding hydrogens is 420 g/mol. The van der Waals surface area contributed by atoms with Gasteiger partial charge >= 0.3 is 0 Å². The Balaban J connectivity index is 1.28. The number of sulfonamides is 1. The maximum atomic E-state index is 12.9. The minimum Gasteiger partial charge on any atom is -0.299 e. The normalized spacial score (nSPS) is 35.8. The van der Waals surface area contributed by atoms with Crippen LogP contribution >= 0.6 is 11.3 Å². The average Bonchev–Trinajstić information content (AvgIpc) is 3.35. The van der Waals surface area contributed by atoms with Crippen molar-refractivity contribution < 1.29 is 13.2 Å². The molecule has 1 aromatic rings. The summed E-state index contributed by atoms with van der Waals surface area (Å²) in [6.07, 6.45) is 10.5. The van der Waals surface area contributed by atoms with E-state index in [1.165, 1.54) is 54.2 Å². The largest absolute Gasteiger partial charge is 0.299 e. The molecule has 4 bridgehead atoms. The molecule has 1 aromatic heterocycles. The Labute approximate surface area is 183 Å². The van der Waals surface area contributed by atoms with E-state index in [1.54, 1.807) is 0 Å². The molecule has 1 saturated heterocycles. The van der Waals surface area contributed by atoms with Crippen LogP contribution in [0.5, 0.6) is 0 Å². The van der Waals surface area contributed by atoms with Gasteiger partial charge in [-0.3, -0.25) is 10.1 Å². The van der Waals surface area contributed by atoms with Crippen LogP contribution in [0.25, 0.3) is 0 Å². The molecule has 166 valence electrons. The molecule has 0 aromatic carbocycles. The summed E-state index contributed by atoms with van der Waals surface area (Å²) in [5, 5.41) is 13.3. The molecule has 4 saturated carbocycles. The molecule has 1 atom stereocenters. The highest BCUT2D eigenvalue weighted by Crippen LogP contribution is 2.61. The number of aromatic nitrogens is 2. The number of hydrogen-bond donors (Lipinski definition) is 1. The first kappa shape index (κ1) is 20.8. The van der Waals surface area contributed by atoms with Crippen LogP contribution in [-0.4, -0.2) is 47.2 Å². The molecule has 4 aliphatic carbocycles. The molecule has 2 heterocycles. The maximum absolute atomic E-state index is 12.9. The van der Waals surface area contributed by atoms with Gasteiger partial charge in [0, 0.05) is 12.0 Å². The van der Waals surface area contributed by atoms with E-state index >= 15 is 0 Å². The van der Waals surface area contributed by atoms with Gasteiger partial charge in [-0.1, -0.05) is 24.7 Å². The lowest BCUT2D eigenvalue weighted by Crippen LogP contribution is -2.48. The summed E-state index contributed by atoms with van der Waals surface area (Å²) >= 11 is 1.51. The van der Waals surface area contributed by atoms with Crippen molar-refractivity contribution in [1.29, 1.82) is 0 Å². The standard InChI is InChI=1S/C21H32N4O3S2/c1-2-3-7-30(27,28)25-6-4-5-17(25)18(26)22-20-24-23-19(29-20)21-11-14-8-15(12-21)10-16(9-14)13-21/h14-17H,2-13H2,1H3,(H,22,24,26). The molecular formula is C21H32N4O3S2. The number of carbonyl (C=O) groups is 1. The lowest BCUT2D eigenvalue weighted by molar-refractivity contribution is -0.119. The number of nitrogens with one attached hydrogen (secondary N) is 1. The highest BCUT2D eigenvalue weighted by atomic mass is 32.2. The van der Waals surface area contributed by atoms with Crippen LogP contribution in [0.15, 0.2) is 0 Å². The van der Waals surface area contributed by atoms with E-state index in [4.69, 9.17) is 0 Å². The molecule has 0 spiro atoms. The number of rotatable bonds is 7. The summed E-state index contributed by atoms with van der Waals surface area (Å²) in [6.45, 7) is 2.40. The first-order valence-electron chi connectivity index (χ1n) is 11.5. The Hall–Kier alpha value is -1.06. The molecule has 5 aliphatic rings. The van der Waals surface area contributed by atoms with Crippen molar-refractivity contribution in [3.05, 3.63) is 5.01 Å². The van der Waals surface area contributed by atoms with E-state index in [2.05, 4.69) is 15.5 Å². The van der Waals surface area contributed by atoms with E-state index in [0.717, 1.165) is 35.6 Å². The van der Waals surface area contributed by atoms with Crippen molar-refractivity contribution in [2.24, 2.45) is 17.8 Å². The lowest BCUT2D eigenvalue weighted by atomic mass is 9.50. The minimum absolute atomic E-state index is 0.113. The SMILES string of the molecule is CCCCS(=O)(=O)N1CCCC1C(=O)Nc1nnc(C23CC4CC(CC(C4)C2)C3)s1. The van der Waals surface area contributed by atoms with E-state index in [-0.39, 0.29) is 17.1 Å². The second-order valence-corrected chi connectivity index (χ2v) is 13.1. The number of anilines is 1. The first-order valence-corrected chi connectivity index (χ1v) is 14.0. The topological polar surface area (TPSA) is 92.3 Å². The zero-order valence-electron chi connectivity index (χ0n) is 17.7. The Kier molecular flexibility index (Phi) is 5.42. The fourth-order valence-electron chi connectivity index (χ4n) is 6.83. The monoisotopic (exact) mass is 452 g/mol. The van der Waals surface area contributed by atoms with Gasteiger partial charge < -0.3 is 0 Å². The van der Waals surface area contributed by atoms with Crippen molar-refractivity contribution in [3.63, 3.8) is 0 Å². The molecule has 6 rings (SSSR count). The average molecular weight is 453 g/mol. The Bertz CT molecular complexity index is 878. The minimum atomic E-state index is -3.39. The predicted octanol–water partition coefficient (Wildman–Crippen LogP) is 3.54. The molecule has 5 fully saturated rings. The Morgan fingerprint density at radius 3 is 2.47 bits per heavy atom. The maximum Gasteiger partial charge on any atom is 0.244 e. The van der Waals surface area contributed by atoms with Crippen LogP contribution in [0.1, 0.15) is 76.1 Å². The summed E-state index contributed by atoms with van der Waals surface area (Å²) in [5.41, 5.74) is 0.165. The van der Waals surface area contributed by atoms with Crippen molar-refractivity contribution in [3.8, 4) is 0 Å².